The van der Waals surface area contributed by atoms with Gasteiger partial charge in [0.05, 0.1) is 6.61 Å². The van der Waals surface area contributed by atoms with Crippen LogP contribution in [0.15, 0.2) is 5.38 Å². The molecular formula is C12H22N2OS. The van der Waals surface area contributed by atoms with Crippen molar-refractivity contribution < 1.29 is 5.11 Å². The predicted molar refractivity (Wildman–Crippen MR) is 68.6 cm³/mol. The van der Waals surface area contributed by atoms with Gasteiger partial charge in [-0.05, 0) is 18.8 Å². The normalized spacial score (nSPS) is 14.1. The van der Waals surface area contributed by atoms with Crippen LogP contribution in [0.5, 0.6) is 0 Å². The lowest BCUT2D eigenvalue weighted by Crippen LogP contribution is -2.35. The van der Waals surface area contributed by atoms with Crippen molar-refractivity contribution >= 4 is 11.3 Å². The van der Waals surface area contributed by atoms with Gasteiger partial charge in [-0.15, -0.1) is 11.3 Å². The minimum absolute atomic E-state index is 0.157. The maximum atomic E-state index is 9.29. The van der Waals surface area contributed by atoms with E-state index in [9.17, 15) is 5.11 Å². The number of nitrogens with one attached hydrogen (secondary N) is 1. The Morgan fingerprint density at radius 2 is 2.19 bits per heavy atom. The monoisotopic (exact) mass is 242 g/mol. The van der Waals surface area contributed by atoms with E-state index in [1.807, 2.05) is 6.92 Å². The molecule has 2 N–H and O–H groups in total. The quantitative estimate of drug-likeness (QED) is 0.833. The van der Waals surface area contributed by atoms with Gasteiger partial charge in [0.25, 0.3) is 0 Å². The Kier molecular flexibility index (Phi) is 4.89. The van der Waals surface area contributed by atoms with Gasteiger partial charge in [-0.1, -0.05) is 20.8 Å². The van der Waals surface area contributed by atoms with Crippen LogP contribution in [-0.4, -0.2) is 22.7 Å². The number of nitrogens with zero attached hydrogens (tertiary/aromatic N) is 1. The van der Waals surface area contributed by atoms with Crippen LogP contribution < -0.4 is 5.32 Å². The number of aromatic nitrogens is 1. The predicted octanol–water partition coefficient (Wildman–Crippen LogP) is 2.34. The van der Waals surface area contributed by atoms with Crippen molar-refractivity contribution in [3.05, 3.63) is 16.1 Å². The van der Waals surface area contributed by atoms with E-state index in [1.54, 1.807) is 11.3 Å². The molecule has 1 aromatic heterocycles. The fourth-order valence-electron chi connectivity index (χ4n) is 1.66. The highest BCUT2D eigenvalue weighted by Crippen LogP contribution is 2.21. The van der Waals surface area contributed by atoms with Crippen molar-refractivity contribution in [1.82, 2.24) is 10.3 Å². The molecule has 0 amide bonds. The molecule has 0 aromatic carbocycles. The summed E-state index contributed by atoms with van der Waals surface area (Å²) in [4.78, 5) is 4.39. The minimum Gasteiger partial charge on any atom is -0.395 e. The molecule has 92 valence electrons. The Morgan fingerprint density at radius 1 is 1.50 bits per heavy atom. The maximum Gasteiger partial charge on any atom is 0.107 e. The first kappa shape index (κ1) is 13.6. The average molecular weight is 242 g/mol. The van der Waals surface area contributed by atoms with Gasteiger partial charge in [-0.2, -0.15) is 0 Å². The van der Waals surface area contributed by atoms with Crippen LogP contribution in [-0.2, 0) is 6.54 Å². The van der Waals surface area contributed by atoms with E-state index < -0.39 is 0 Å². The largest absolute Gasteiger partial charge is 0.395 e. The molecule has 1 aromatic rings. The Morgan fingerprint density at radius 3 is 2.62 bits per heavy atom. The third-order valence-corrected chi connectivity index (χ3v) is 3.25. The van der Waals surface area contributed by atoms with Gasteiger partial charge in [0.1, 0.15) is 5.01 Å². The number of rotatable bonds is 5. The van der Waals surface area contributed by atoms with Crippen molar-refractivity contribution in [2.45, 2.75) is 46.7 Å². The van der Waals surface area contributed by atoms with E-state index in [1.165, 1.54) is 0 Å². The van der Waals surface area contributed by atoms with E-state index in [2.05, 4.69) is 36.5 Å². The topological polar surface area (TPSA) is 45.1 Å². The smallest absolute Gasteiger partial charge is 0.107 e. The van der Waals surface area contributed by atoms with Crippen molar-refractivity contribution in [1.29, 1.82) is 0 Å². The molecule has 0 saturated carbocycles. The zero-order valence-corrected chi connectivity index (χ0v) is 11.4. The number of thiazole rings is 1. The van der Waals surface area contributed by atoms with Gasteiger partial charge >= 0.3 is 0 Å². The van der Waals surface area contributed by atoms with Crippen molar-refractivity contribution in [2.75, 3.05) is 6.61 Å². The summed E-state index contributed by atoms with van der Waals surface area (Å²) in [6, 6.07) is 0.157. The zero-order valence-electron chi connectivity index (χ0n) is 10.6. The van der Waals surface area contributed by atoms with E-state index in [-0.39, 0.29) is 18.1 Å². The third-order valence-electron chi connectivity index (χ3n) is 2.29. The molecule has 1 heterocycles. The Hall–Kier alpha value is -0.450. The van der Waals surface area contributed by atoms with Crippen LogP contribution in [0.1, 0.15) is 37.9 Å². The number of aliphatic hydroxyl groups is 1. The molecule has 16 heavy (non-hydrogen) atoms. The van der Waals surface area contributed by atoms with E-state index in [4.69, 9.17) is 0 Å². The van der Waals surface area contributed by atoms with Crippen LogP contribution >= 0.6 is 11.3 Å². The van der Waals surface area contributed by atoms with E-state index >= 15 is 0 Å². The first-order valence-electron chi connectivity index (χ1n) is 5.66. The lowest BCUT2D eigenvalue weighted by Gasteiger charge is -2.25. The Balaban J connectivity index is 2.40. The average Bonchev–Trinajstić information content (AvgIpc) is 2.57. The second-order valence-corrected chi connectivity index (χ2v) is 6.35. The molecular weight excluding hydrogens is 220 g/mol. The zero-order chi connectivity index (χ0) is 12.2. The van der Waals surface area contributed by atoms with Gasteiger partial charge in [0.15, 0.2) is 0 Å². The molecule has 0 fully saturated rings. The molecule has 1 rings (SSSR count). The highest BCUT2D eigenvalue weighted by Gasteiger charge is 2.17. The molecule has 0 spiro atoms. The second-order valence-electron chi connectivity index (χ2n) is 5.41. The fourth-order valence-corrected chi connectivity index (χ4v) is 2.38. The first-order valence-corrected chi connectivity index (χ1v) is 6.54. The number of hydrogen-bond donors (Lipinski definition) is 2. The summed E-state index contributed by atoms with van der Waals surface area (Å²) in [5, 5.41) is 15.8. The van der Waals surface area contributed by atoms with Gasteiger partial charge in [0, 0.05) is 23.7 Å². The van der Waals surface area contributed by atoms with Crippen molar-refractivity contribution in [3.63, 3.8) is 0 Å². The standard InChI is InChI=1S/C12H22N2OS/c1-9-8-16-11(14-9)6-13-10(7-15)5-12(2,3)4/h8,10,13,15H,5-7H2,1-4H3. The Labute approximate surface area is 102 Å². The molecule has 4 heteroatoms. The summed E-state index contributed by atoms with van der Waals surface area (Å²) >= 11 is 1.66. The second kappa shape index (κ2) is 5.75. The lowest BCUT2D eigenvalue weighted by atomic mass is 9.88. The van der Waals surface area contributed by atoms with Crippen LogP contribution in [0, 0.1) is 12.3 Å². The van der Waals surface area contributed by atoms with E-state index in [0.717, 1.165) is 23.7 Å². The van der Waals surface area contributed by atoms with Gasteiger partial charge < -0.3 is 10.4 Å². The highest BCUT2D eigenvalue weighted by atomic mass is 32.1. The van der Waals surface area contributed by atoms with Crippen molar-refractivity contribution in [3.8, 4) is 0 Å². The minimum atomic E-state index is 0.157. The van der Waals surface area contributed by atoms with Crippen LogP contribution in [0.4, 0.5) is 0 Å². The van der Waals surface area contributed by atoms with Crippen LogP contribution in [0.2, 0.25) is 0 Å². The lowest BCUT2D eigenvalue weighted by molar-refractivity contribution is 0.198. The van der Waals surface area contributed by atoms with E-state index in [0.29, 0.717) is 0 Å². The third kappa shape index (κ3) is 5.05. The molecule has 0 aliphatic heterocycles. The van der Waals surface area contributed by atoms with Gasteiger partial charge in [0.2, 0.25) is 0 Å². The summed E-state index contributed by atoms with van der Waals surface area (Å²) < 4.78 is 0. The molecule has 1 atom stereocenters. The molecule has 0 aliphatic carbocycles. The van der Waals surface area contributed by atoms with Crippen LogP contribution in [0.25, 0.3) is 0 Å². The molecule has 1 unspecified atom stereocenters. The number of aryl methyl sites for hydroxylation is 1. The van der Waals surface area contributed by atoms with Crippen LogP contribution in [0.3, 0.4) is 0 Å². The molecule has 3 nitrogen and oxygen atoms in total. The highest BCUT2D eigenvalue weighted by molar-refractivity contribution is 7.09. The SMILES string of the molecule is Cc1csc(CNC(CO)CC(C)(C)C)n1. The number of aliphatic hydroxyl groups excluding tert-OH is 1. The Bertz CT molecular complexity index is 317. The summed E-state index contributed by atoms with van der Waals surface area (Å²) in [7, 11) is 0. The molecule has 0 radical (unpaired) electrons. The summed E-state index contributed by atoms with van der Waals surface area (Å²) in [5.41, 5.74) is 1.30. The summed E-state index contributed by atoms with van der Waals surface area (Å²) in [6.45, 7) is 9.49. The summed E-state index contributed by atoms with van der Waals surface area (Å²) in [6.07, 6.45) is 0.966. The first-order chi connectivity index (χ1) is 7.40. The van der Waals surface area contributed by atoms with Gasteiger partial charge in [-0.25, -0.2) is 4.98 Å². The number of hydrogen-bond acceptors (Lipinski definition) is 4. The van der Waals surface area contributed by atoms with Crippen molar-refractivity contribution in [2.24, 2.45) is 5.41 Å². The molecule has 0 aliphatic rings. The summed E-state index contributed by atoms with van der Waals surface area (Å²) in [5.74, 6) is 0. The maximum absolute atomic E-state index is 9.29. The fraction of sp³-hybridized carbons (Fsp3) is 0.750. The molecule has 0 saturated heterocycles. The van der Waals surface area contributed by atoms with Gasteiger partial charge in [-0.3, -0.25) is 0 Å². The molecule has 0 bridgehead atoms.